The molecule has 0 aliphatic rings. The molecule has 0 amide bonds. The number of hydrogen-bond donors (Lipinski definition) is 1. The van der Waals surface area contributed by atoms with Crippen LogP contribution < -0.4 is 5.73 Å². The Kier molecular flexibility index (Phi) is 4.76. The molecule has 0 aliphatic carbocycles. The van der Waals surface area contributed by atoms with Gasteiger partial charge in [-0.2, -0.15) is 0 Å². The average Bonchev–Trinajstić information content (AvgIpc) is 2.92. The first-order valence-corrected chi connectivity index (χ1v) is 8.57. The van der Waals surface area contributed by atoms with Crippen molar-refractivity contribution in [3.63, 3.8) is 0 Å². The lowest BCUT2D eigenvalue weighted by molar-refractivity contribution is 1.11. The quantitative estimate of drug-likeness (QED) is 0.561. The first-order chi connectivity index (χ1) is 10.6. The summed E-state index contributed by atoms with van der Waals surface area (Å²) in [6.07, 6.45) is 0. The van der Waals surface area contributed by atoms with Crippen LogP contribution in [0.5, 0.6) is 0 Å². The van der Waals surface area contributed by atoms with Crippen LogP contribution in [0.1, 0.15) is 4.88 Å². The van der Waals surface area contributed by atoms with Gasteiger partial charge in [0, 0.05) is 37.5 Å². The van der Waals surface area contributed by atoms with Gasteiger partial charge < -0.3 is 5.73 Å². The molecule has 0 saturated heterocycles. The summed E-state index contributed by atoms with van der Waals surface area (Å²) in [5.41, 5.74) is 8.96. The molecule has 0 aliphatic heterocycles. The molecule has 3 aromatic rings. The van der Waals surface area contributed by atoms with E-state index in [0.29, 0.717) is 21.6 Å². The van der Waals surface area contributed by atoms with Crippen molar-refractivity contribution in [1.82, 2.24) is 0 Å². The Hall–Kier alpha value is -1.03. The fourth-order valence-corrected chi connectivity index (χ4v) is 4.04. The van der Waals surface area contributed by atoms with Gasteiger partial charge in [-0.05, 0) is 35.9 Å². The maximum atomic E-state index is 6.37. The number of rotatable bonds is 3. The smallest absolute Gasteiger partial charge is 0.0507 e. The lowest BCUT2D eigenvalue weighted by Gasteiger charge is -2.07. The third-order valence-electron chi connectivity index (χ3n) is 3.32. The average molecular weight is 369 g/mol. The topological polar surface area (TPSA) is 26.0 Å². The largest absolute Gasteiger partial charge is 0.326 e. The molecular formula is C17H12Cl3NS. The fourth-order valence-electron chi connectivity index (χ4n) is 2.26. The van der Waals surface area contributed by atoms with Crippen LogP contribution >= 0.6 is 46.1 Å². The van der Waals surface area contributed by atoms with Gasteiger partial charge in [0.25, 0.3) is 0 Å². The van der Waals surface area contributed by atoms with Gasteiger partial charge in [-0.15, -0.1) is 11.3 Å². The number of nitrogens with two attached hydrogens (primary N) is 1. The highest BCUT2D eigenvalue weighted by Crippen LogP contribution is 2.42. The first kappa shape index (κ1) is 15.9. The molecule has 2 aromatic carbocycles. The molecule has 0 fully saturated rings. The van der Waals surface area contributed by atoms with Gasteiger partial charge in [0.05, 0.1) is 5.02 Å². The Morgan fingerprint density at radius 1 is 0.818 bits per heavy atom. The summed E-state index contributed by atoms with van der Waals surface area (Å²) in [5.74, 6) is 0. The molecule has 2 N–H and O–H groups in total. The number of thiophene rings is 1. The highest BCUT2D eigenvalue weighted by Gasteiger charge is 2.15. The van der Waals surface area contributed by atoms with E-state index in [4.69, 9.17) is 40.5 Å². The van der Waals surface area contributed by atoms with Crippen LogP contribution in [-0.4, -0.2) is 0 Å². The molecule has 0 unspecified atom stereocenters. The predicted octanol–water partition coefficient (Wildman–Crippen LogP) is 6.50. The second kappa shape index (κ2) is 6.61. The number of hydrogen-bond acceptors (Lipinski definition) is 2. The van der Waals surface area contributed by atoms with Crippen molar-refractivity contribution in [3.8, 4) is 21.6 Å². The molecular weight excluding hydrogens is 357 g/mol. The van der Waals surface area contributed by atoms with E-state index in [2.05, 4.69) is 6.07 Å². The molecule has 0 spiro atoms. The van der Waals surface area contributed by atoms with Gasteiger partial charge in [-0.25, -0.2) is 0 Å². The molecule has 1 nitrogen and oxygen atoms in total. The van der Waals surface area contributed by atoms with Crippen molar-refractivity contribution in [2.45, 2.75) is 6.54 Å². The van der Waals surface area contributed by atoms with Crippen LogP contribution in [0, 0.1) is 0 Å². The Labute approximate surface area is 148 Å². The van der Waals surface area contributed by atoms with Crippen LogP contribution in [0.4, 0.5) is 0 Å². The van der Waals surface area contributed by atoms with E-state index in [1.54, 1.807) is 17.4 Å². The minimum Gasteiger partial charge on any atom is -0.326 e. The molecule has 1 heterocycles. The highest BCUT2D eigenvalue weighted by molar-refractivity contribution is 7.16. The summed E-state index contributed by atoms with van der Waals surface area (Å²) in [5, 5.41) is 1.97. The summed E-state index contributed by atoms with van der Waals surface area (Å²) < 4.78 is 0. The normalized spacial score (nSPS) is 10.9. The Morgan fingerprint density at radius 3 is 2.14 bits per heavy atom. The lowest BCUT2D eigenvalue weighted by atomic mass is 10.0. The third-order valence-corrected chi connectivity index (χ3v) is 5.31. The van der Waals surface area contributed by atoms with Crippen molar-refractivity contribution in [3.05, 3.63) is 68.5 Å². The Balaban J connectivity index is 2.18. The van der Waals surface area contributed by atoms with Crippen LogP contribution in [0.15, 0.2) is 48.5 Å². The van der Waals surface area contributed by atoms with Gasteiger partial charge >= 0.3 is 0 Å². The molecule has 5 heteroatoms. The zero-order valence-electron chi connectivity index (χ0n) is 11.4. The van der Waals surface area contributed by atoms with E-state index < -0.39 is 0 Å². The first-order valence-electron chi connectivity index (χ1n) is 6.62. The summed E-state index contributed by atoms with van der Waals surface area (Å²) in [6.45, 7) is 0.496. The zero-order valence-corrected chi connectivity index (χ0v) is 14.5. The van der Waals surface area contributed by atoms with Crippen molar-refractivity contribution >= 4 is 46.1 Å². The molecule has 3 rings (SSSR count). The van der Waals surface area contributed by atoms with Crippen LogP contribution in [0.2, 0.25) is 15.1 Å². The second-order valence-corrected chi connectivity index (χ2v) is 7.21. The minimum atomic E-state index is 0.496. The highest BCUT2D eigenvalue weighted by atomic mass is 35.5. The van der Waals surface area contributed by atoms with Gasteiger partial charge in [0.1, 0.15) is 0 Å². The summed E-state index contributed by atoms with van der Waals surface area (Å²) in [6, 6.07) is 15.4. The molecule has 0 radical (unpaired) electrons. The fraction of sp³-hybridized carbons (Fsp3) is 0.0588. The molecule has 0 atom stereocenters. The van der Waals surface area contributed by atoms with Gasteiger partial charge in [-0.3, -0.25) is 0 Å². The molecule has 22 heavy (non-hydrogen) atoms. The predicted molar refractivity (Wildman–Crippen MR) is 98.1 cm³/mol. The standard InChI is InChI=1S/C17H12Cl3NS/c18-11-3-1-10(2-4-11)15-8-13(9-21)22-17(15)14-6-5-12(19)7-16(14)20/h1-8H,9,21H2. The number of benzene rings is 2. The van der Waals surface area contributed by atoms with Crippen LogP contribution in [0.25, 0.3) is 21.6 Å². The van der Waals surface area contributed by atoms with Gasteiger partial charge in [0.2, 0.25) is 0 Å². The van der Waals surface area contributed by atoms with Gasteiger partial charge in [-0.1, -0.05) is 53.0 Å². The Bertz CT molecular complexity index is 809. The van der Waals surface area contributed by atoms with E-state index in [1.165, 1.54) is 0 Å². The second-order valence-electron chi connectivity index (χ2n) is 4.79. The van der Waals surface area contributed by atoms with Crippen molar-refractivity contribution in [2.75, 3.05) is 0 Å². The molecule has 1 aromatic heterocycles. The SMILES string of the molecule is NCc1cc(-c2ccc(Cl)cc2)c(-c2ccc(Cl)cc2Cl)s1. The maximum absolute atomic E-state index is 6.37. The summed E-state index contributed by atoms with van der Waals surface area (Å²) in [4.78, 5) is 2.19. The Morgan fingerprint density at radius 2 is 1.50 bits per heavy atom. The molecule has 112 valence electrons. The van der Waals surface area contributed by atoms with E-state index in [9.17, 15) is 0 Å². The summed E-state index contributed by atoms with van der Waals surface area (Å²) in [7, 11) is 0. The van der Waals surface area contributed by atoms with E-state index in [1.807, 2.05) is 36.4 Å². The van der Waals surface area contributed by atoms with E-state index in [0.717, 1.165) is 26.4 Å². The third kappa shape index (κ3) is 3.17. The van der Waals surface area contributed by atoms with Crippen molar-refractivity contribution in [1.29, 1.82) is 0 Å². The number of halogens is 3. The van der Waals surface area contributed by atoms with Gasteiger partial charge in [0.15, 0.2) is 0 Å². The maximum Gasteiger partial charge on any atom is 0.0507 e. The van der Waals surface area contributed by atoms with Crippen molar-refractivity contribution < 1.29 is 0 Å². The minimum absolute atomic E-state index is 0.496. The molecule has 0 bridgehead atoms. The lowest BCUT2D eigenvalue weighted by Crippen LogP contribution is -1.91. The zero-order chi connectivity index (χ0) is 15.7. The van der Waals surface area contributed by atoms with Crippen LogP contribution in [0.3, 0.4) is 0 Å². The van der Waals surface area contributed by atoms with Crippen LogP contribution in [-0.2, 0) is 6.54 Å². The summed E-state index contributed by atoms with van der Waals surface area (Å²) >= 11 is 20.0. The van der Waals surface area contributed by atoms with E-state index >= 15 is 0 Å². The van der Waals surface area contributed by atoms with Crippen molar-refractivity contribution in [2.24, 2.45) is 5.73 Å². The molecule has 0 saturated carbocycles. The van der Waals surface area contributed by atoms with E-state index in [-0.39, 0.29) is 0 Å². The monoisotopic (exact) mass is 367 g/mol.